The lowest BCUT2D eigenvalue weighted by Crippen LogP contribution is -2.03. The zero-order valence-corrected chi connectivity index (χ0v) is 7.92. The first kappa shape index (κ1) is 7.29. The molecule has 0 saturated carbocycles. The minimum Gasteiger partial charge on any atom is -0.152 e. The Hall–Kier alpha value is 0.180. The van der Waals surface area contributed by atoms with Crippen LogP contribution in [0.2, 0.25) is 0 Å². The van der Waals surface area contributed by atoms with Crippen molar-refractivity contribution in [2.45, 2.75) is 18.2 Å². The smallest absolute Gasteiger partial charge is 0.0458 e. The fraction of sp³-hybridized carbons (Fsp3) is 0.429. The van der Waals surface area contributed by atoms with Gasteiger partial charge >= 0.3 is 0 Å². The normalized spacial score (nSPS) is 11.9. The molecule has 0 spiro atoms. The number of hydrogen-bond acceptors (Lipinski definition) is 1. The van der Waals surface area contributed by atoms with Crippen LogP contribution in [0.1, 0.15) is 19.4 Å². The Labute approximate surface area is 68.0 Å². The van der Waals surface area contributed by atoms with E-state index in [1.165, 1.54) is 5.56 Å². The molecule has 2 heteroatoms. The van der Waals surface area contributed by atoms with Crippen LogP contribution in [0.5, 0.6) is 0 Å². The lowest BCUT2D eigenvalue weighted by Gasteiger charge is -2.12. The van der Waals surface area contributed by atoms with E-state index < -0.39 is 0 Å². The molecule has 9 heavy (non-hydrogen) atoms. The van der Waals surface area contributed by atoms with Gasteiger partial charge in [0, 0.05) is 4.32 Å². The van der Waals surface area contributed by atoms with Gasteiger partial charge in [-0.1, -0.05) is 15.9 Å². The van der Waals surface area contributed by atoms with Gasteiger partial charge in [0.15, 0.2) is 0 Å². The predicted octanol–water partition coefficient (Wildman–Crippen LogP) is 3.38. The van der Waals surface area contributed by atoms with E-state index in [-0.39, 0.29) is 4.32 Å². The van der Waals surface area contributed by atoms with E-state index in [1.807, 2.05) is 0 Å². The molecule has 0 saturated heterocycles. The molecular weight excluding hydrogens is 196 g/mol. The maximum absolute atomic E-state index is 3.57. The van der Waals surface area contributed by atoms with Crippen LogP contribution >= 0.6 is 27.3 Å². The number of thiophene rings is 1. The molecule has 0 bridgehead atoms. The van der Waals surface area contributed by atoms with Crippen molar-refractivity contribution < 1.29 is 0 Å². The summed E-state index contributed by atoms with van der Waals surface area (Å²) in [6, 6.07) is 2.14. The highest BCUT2D eigenvalue weighted by molar-refractivity contribution is 9.09. The van der Waals surface area contributed by atoms with Crippen LogP contribution in [0.3, 0.4) is 0 Å². The van der Waals surface area contributed by atoms with Gasteiger partial charge in [-0.2, -0.15) is 11.3 Å². The molecule has 0 N–H and O–H groups in total. The highest BCUT2D eigenvalue weighted by atomic mass is 79.9. The first-order chi connectivity index (χ1) is 4.11. The molecule has 0 fully saturated rings. The lowest BCUT2D eigenvalue weighted by molar-refractivity contribution is 0.808. The molecule has 0 aromatic carbocycles. The standard InChI is InChI=1S/C7H9BrS/c1-7(2,8)6-3-4-9-5-6/h3-5H,1-2H3. The van der Waals surface area contributed by atoms with E-state index in [2.05, 4.69) is 46.6 Å². The Morgan fingerprint density at radius 2 is 2.22 bits per heavy atom. The predicted molar refractivity (Wildman–Crippen MR) is 46.3 cm³/mol. The minimum atomic E-state index is 0.146. The molecule has 0 amide bonds. The van der Waals surface area contributed by atoms with Crippen molar-refractivity contribution >= 4 is 27.3 Å². The van der Waals surface area contributed by atoms with Gasteiger partial charge in [0.1, 0.15) is 0 Å². The summed E-state index contributed by atoms with van der Waals surface area (Å²) in [5, 5.41) is 4.26. The van der Waals surface area contributed by atoms with Crippen molar-refractivity contribution in [2.75, 3.05) is 0 Å². The van der Waals surface area contributed by atoms with Crippen LogP contribution < -0.4 is 0 Å². The summed E-state index contributed by atoms with van der Waals surface area (Å²) in [5.74, 6) is 0. The van der Waals surface area contributed by atoms with E-state index >= 15 is 0 Å². The highest BCUT2D eigenvalue weighted by Gasteiger charge is 2.14. The molecule has 0 aliphatic heterocycles. The Morgan fingerprint density at radius 3 is 2.44 bits per heavy atom. The second kappa shape index (κ2) is 2.43. The van der Waals surface area contributed by atoms with Crippen molar-refractivity contribution in [2.24, 2.45) is 0 Å². The zero-order chi connectivity index (χ0) is 6.91. The van der Waals surface area contributed by atoms with Gasteiger partial charge in [-0.3, -0.25) is 0 Å². The molecular formula is C7H9BrS. The Kier molecular flexibility index (Phi) is 1.97. The second-order valence-corrected chi connectivity index (χ2v) is 5.25. The van der Waals surface area contributed by atoms with Crippen LogP contribution in [-0.4, -0.2) is 0 Å². The number of alkyl halides is 1. The molecule has 0 atom stereocenters. The van der Waals surface area contributed by atoms with E-state index in [1.54, 1.807) is 11.3 Å². The SMILES string of the molecule is CC(C)(Br)c1ccsc1. The number of rotatable bonds is 1. The summed E-state index contributed by atoms with van der Waals surface area (Å²) in [5.41, 5.74) is 1.35. The summed E-state index contributed by atoms with van der Waals surface area (Å²) >= 11 is 5.31. The van der Waals surface area contributed by atoms with Crippen molar-refractivity contribution in [3.05, 3.63) is 22.4 Å². The maximum Gasteiger partial charge on any atom is 0.0458 e. The monoisotopic (exact) mass is 204 g/mol. The quantitative estimate of drug-likeness (QED) is 0.616. The summed E-state index contributed by atoms with van der Waals surface area (Å²) in [4.78, 5) is 0. The van der Waals surface area contributed by atoms with E-state index in [9.17, 15) is 0 Å². The molecule has 0 nitrogen and oxygen atoms in total. The lowest BCUT2D eigenvalue weighted by atomic mass is 10.1. The largest absolute Gasteiger partial charge is 0.152 e. The summed E-state index contributed by atoms with van der Waals surface area (Å²) in [6.07, 6.45) is 0. The van der Waals surface area contributed by atoms with E-state index in [4.69, 9.17) is 0 Å². The van der Waals surface area contributed by atoms with E-state index in [0.717, 1.165) is 0 Å². The second-order valence-electron chi connectivity index (χ2n) is 2.48. The van der Waals surface area contributed by atoms with Gasteiger partial charge in [-0.25, -0.2) is 0 Å². The summed E-state index contributed by atoms with van der Waals surface area (Å²) in [7, 11) is 0. The average molecular weight is 205 g/mol. The van der Waals surface area contributed by atoms with Crippen molar-refractivity contribution in [1.82, 2.24) is 0 Å². The van der Waals surface area contributed by atoms with Crippen molar-refractivity contribution in [3.63, 3.8) is 0 Å². The summed E-state index contributed by atoms with van der Waals surface area (Å²) in [6.45, 7) is 4.30. The van der Waals surface area contributed by atoms with Gasteiger partial charge in [-0.05, 0) is 36.2 Å². The molecule has 0 radical (unpaired) electrons. The molecule has 1 aromatic heterocycles. The Balaban J connectivity index is 2.90. The van der Waals surface area contributed by atoms with Crippen molar-refractivity contribution in [1.29, 1.82) is 0 Å². The van der Waals surface area contributed by atoms with Gasteiger partial charge in [0.25, 0.3) is 0 Å². The molecule has 50 valence electrons. The Bertz CT molecular complexity index is 171. The third-order valence-corrected chi connectivity index (χ3v) is 2.35. The molecule has 1 aromatic rings. The first-order valence-electron chi connectivity index (χ1n) is 2.82. The number of hydrogen-bond donors (Lipinski definition) is 0. The van der Waals surface area contributed by atoms with Crippen LogP contribution in [0, 0.1) is 0 Å². The van der Waals surface area contributed by atoms with Crippen LogP contribution in [0.15, 0.2) is 16.8 Å². The molecule has 1 rings (SSSR count). The fourth-order valence-electron chi connectivity index (χ4n) is 0.603. The van der Waals surface area contributed by atoms with Crippen LogP contribution in [0.25, 0.3) is 0 Å². The molecule has 0 aliphatic carbocycles. The highest BCUT2D eigenvalue weighted by Crippen LogP contribution is 2.30. The van der Waals surface area contributed by atoms with Crippen LogP contribution in [0.4, 0.5) is 0 Å². The minimum absolute atomic E-state index is 0.146. The van der Waals surface area contributed by atoms with Gasteiger partial charge in [0.05, 0.1) is 0 Å². The topological polar surface area (TPSA) is 0 Å². The maximum atomic E-state index is 3.57. The Morgan fingerprint density at radius 1 is 1.56 bits per heavy atom. The van der Waals surface area contributed by atoms with Gasteiger partial charge in [-0.15, -0.1) is 0 Å². The third kappa shape index (κ3) is 1.80. The average Bonchev–Trinajstić information content (AvgIpc) is 2.08. The van der Waals surface area contributed by atoms with Crippen LogP contribution in [-0.2, 0) is 4.32 Å². The fourth-order valence-corrected chi connectivity index (χ4v) is 1.82. The summed E-state index contributed by atoms with van der Waals surface area (Å²) < 4.78 is 0.146. The van der Waals surface area contributed by atoms with Crippen molar-refractivity contribution in [3.8, 4) is 0 Å². The molecule has 0 unspecified atom stereocenters. The molecule has 1 heterocycles. The first-order valence-corrected chi connectivity index (χ1v) is 4.56. The van der Waals surface area contributed by atoms with Gasteiger partial charge in [0.2, 0.25) is 0 Å². The number of halogens is 1. The van der Waals surface area contributed by atoms with E-state index in [0.29, 0.717) is 0 Å². The zero-order valence-electron chi connectivity index (χ0n) is 5.52. The van der Waals surface area contributed by atoms with Gasteiger partial charge < -0.3 is 0 Å². The molecule has 0 aliphatic rings. The third-order valence-electron chi connectivity index (χ3n) is 1.21.